The van der Waals surface area contributed by atoms with Crippen molar-refractivity contribution >= 4 is 7.60 Å². The fraction of sp³-hybridized carbons (Fsp3) is 0.750. The highest BCUT2D eigenvalue weighted by atomic mass is 31.2. The summed E-state index contributed by atoms with van der Waals surface area (Å²) in [5.41, 5.74) is -1.09. The molecule has 0 bridgehead atoms. The van der Waals surface area contributed by atoms with Gasteiger partial charge in [-0.05, 0) is 34.6 Å². The van der Waals surface area contributed by atoms with Crippen molar-refractivity contribution in [2.75, 3.05) is 13.0 Å². The third-order valence-corrected chi connectivity index (χ3v) is 5.65. The molecule has 0 spiro atoms. The first-order chi connectivity index (χ1) is 12.4. The van der Waals surface area contributed by atoms with Gasteiger partial charge < -0.3 is 23.6 Å². The molecular formula is C16H27N2O8P. The summed E-state index contributed by atoms with van der Waals surface area (Å²) in [7, 11) is -3.50. The summed E-state index contributed by atoms with van der Waals surface area (Å²) in [6.45, 7) is 8.41. The highest BCUT2D eigenvalue weighted by Crippen LogP contribution is 2.51. The normalized spacial score (nSPS) is 23.5. The maximum Gasteiger partial charge on any atom is 0.356 e. The number of aliphatic hydroxyl groups is 1. The minimum atomic E-state index is -3.50. The molecule has 2 atom stereocenters. The van der Waals surface area contributed by atoms with Gasteiger partial charge in [0.05, 0.1) is 31.3 Å². The quantitative estimate of drug-likeness (QED) is 0.617. The molecule has 0 aliphatic carbocycles. The zero-order chi connectivity index (χ0) is 20.4. The van der Waals surface area contributed by atoms with E-state index in [0.717, 1.165) is 4.57 Å². The van der Waals surface area contributed by atoms with E-state index in [1.807, 2.05) is 0 Å². The number of aromatic nitrogens is 2. The lowest BCUT2D eigenvalue weighted by molar-refractivity contribution is -0.237. The van der Waals surface area contributed by atoms with Crippen molar-refractivity contribution in [2.45, 2.75) is 65.3 Å². The molecule has 1 aliphatic heterocycles. The number of aryl methyl sites for hydroxylation is 1. The summed E-state index contributed by atoms with van der Waals surface area (Å²) in [6, 6.07) is 0. The maximum atomic E-state index is 12.8. The summed E-state index contributed by atoms with van der Waals surface area (Å²) >= 11 is 0. The Morgan fingerprint density at radius 1 is 1.33 bits per heavy atom. The minimum Gasteiger partial charge on any atom is -0.363 e. The predicted octanol–water partition coefficient (Wildman–Crippen LogP) is 1.25. The van der Waals surface area contributed by atoms with E-state index in [2.05, 4.69) is 4.98 Å². The molecule has 0 radical (unpaired) electrons. The molecule has 10 nitrogen and oxygen atoms in total. The lowest BCUT2D eigenvalue weighted by Gasteiger charge is -2.25. The average Bonchev–Trinajstić information content (AvgIpc) is 2.90. The third kappa shape index (κ3) is 5.60. The Hall–Kier alpha value is -1.29. The first-order valence-electron chi connectivity index (χ1n) is 8.71. The van der Waals surface area contributed by atoms with Crippen molar-refractivity contribution in [2.24, 2.45) is 0 Å². The fourth-order valence-electron chi connectivity index (χ4n) is 2.67. The summed E-state index contributed by atoms with van der Waals surface area (Å²) in [4.78, 5) is 25.6. The monoisotopic (exact) mass is 406 g/mol. The van der Waals surface area contributed by atoms with Crippen LogP contribution in [-0.2, 0) is 29.0 Å². The Bertz CT molecular complexity index is 803. The van der Waals surface area contributed by atoms with Crippen LogP contribution in [0.15, 0.2) is 15.8 Å². The summed E-state index contributed by atoms with van der Waals surface area (Å²) in [6.07, 6.45) is -0.475. The van der Waals surface area contributed by atoms with Crippen LogP contribution in [0.5, 0.6) is 0 Å². The summed E-state index contributed by atoms with van der Waals surface area (Å²) in [5, 5.41) is 10.7. The molecule has 1 saturated heterocycles. The number of ether oxygens (including phenoxy) is 2. The van der Waals surface area contributed by atoms with E-state index >= 15 is 0 Å². The van der Waals surface area contributed by atoms with Crippen LogP contribution >= 0.6 is 7.60 Å². The lowest BCUT2D eigenvalue weighted by Crippen LogP contribution is -2.44. The SMILES string of the molecule is Cc1cn(C2(O)C[C@@H](OCP(=O)(OC(C)C)OC(C)C)CO2)c(=O)[nH]c1=O. The number of nitrogens with one attached hydrogen (secondary N) is 1. The zero-order valence-corrected chi connectivity index (χ0v) is 17.0. The molecule has 1 aromatic heterocycles. The second-order valence-corrected chi connectivity index (χ2v) is 8.94. The predicted molar refractivity (Wildman–Crippen MR) is 96.6 cm³/mol. The van der Waals surface area contributed by atoms with Crippen LogP contribution in [0.2, 0.25) is 0 Å². The number of hydrogen-bond donors (Lipinski definition) is 2. The van der Waals surface area contributed by atoms with Gasteiger partial charge in [-0.2, -0.15) is 0 Å². The van der Waals surface area contributed by atoms with Crippen LogP contribution in [-0.4, -0.2) is 45.9 Å². The van der Waals surface area contributed by atoms with Crippen molar-refractivity contribution in [3.63, 3.8) is 0 Å². The Morgan fingerprint density at radius 3 is 2.48 bits per heavy atom. The van der Waals surface area contributed by atoms with Crippen LogP contribution in [0.4, 0.5) is 0 Å². The Balaban J connectivity index is 2.09. The Labute approximate surface area is 156 Å². The molecular weight excluding hydrogens is 379 g/mol. The first-order valence-corrected chi connectivity index (χ1v) is 10.4. The van der Waals surface area contributed by atoms with E-state index in [-0.39, 0.29) is 37.1 Å². The number of nitrogens with zero attached hydrogens (tertiary/aromatic N) is 1. The van der Waals surface area contributed by atoms with Gasteiger partial charge in [0.15, 0.2) is 0 Å². The third-order valence-electron chi connectivity index (χ3n) is 3.70. The molecule has 0 aromatic carbocycles. The number of H-pyrrole nitrogens is 1. The second-order valence-electron chi connectivity index (χ2n) is 7.04. The molecule has 1 aromatic rings. The number of aromatic amines is 1. The topological polar surface area (TPSA) is 129 Å². The van der Waals surface area contributed by atoms with Gasteiger partial charge in [0.2, 0.25) is 0 Å². The maximum absolute atomic E-state index is 12.8. The molecule has 2 rings (SSSR count). The number of hydrogen-bond acceptors (Lipinski definition) is 8. The molecule has 2 N–H and O–H groups in total. The van der Waals surface area contributed by atoms with Crippen LogP contribution < -0.4 is 11.2 Å². The number of rotatable bonds is 8. The van der Waals surface area contributed by atoms with Crippen LogP contribution in [0.1, 0.15) is 39.7 Å². The van der Waals surface area contributed by atoms with Gasteiger partial charge in [-0.15, -0.1) is 0 Å². The van der Waals surface area contributed by atoms with E-state index in [9.17, 15) is 19.3 Å². The summed E-state index contributed by atoms with van der Waals surface area (Å²) in [5.74, 6) is -1.97. The van der Waals surface area contributed by atoms with Gasteiger partial charge in [0, 0.05) is 11.8 Å². The molecule has 0 amide bonds. The van der Waals surface area contributed by atoms with Crippen molar-refractivity contribution < 1.29 is 28.2 Å². The Kier molecular flexibility index (Phi) is 6.83. The summed E-state index contributed by atoms with van der Waals surface area (Å²) < 4.78 is 35.4. The van der Waals surface area contributed by atoms with Gasteiger partial charge >= 0.3 is 13.3 Å². The van der Waals surface area contributed by atoms with E-state index in [4.69, 9.17) is 18.5 Å². The minimum absolute atomic E-state index is 0.0372. The average molecular weight is 406 g/mol. The molecule has 27 heavy (non-hydrogen) atoms. The van der Waals surface area contributed by atoms with Gasteiger partial charge in [-0.25, -0.2) is 9.36 Å². The highest BCUT2D eigenvalue weighted by molar-refractivity contribution is 7.53. The van der Waals surface area contributed by atoms with Crippen LogP contribution in [0.3, 0.4) is 0 Å². The fourth-order valence-corrected chi connectivity index (χ4v) is 4.52. The molecule has 0 saturated carbocycles. The Morgan fingerprint density at radius 2 is 1.93 bits per heavy atom. The molecule has 2 heterocycles. The standard InChI is InChI=1S/C16H27N2O8P/c1-10(2)25-27(22,26-11(3)4)9-23-13-6-16(21,24-8-13)18-7-12(5)14(19)17-15(18)20/h7,10-11,13,21H,6,8-9H2,1-5H3,(H,17,19,20)/t13-,16?/m1/s1. The van der Waals surface area contributed by atoms with Crippen molar-refractivity contribution in [1.29, 1.82) is 0 Å². The van der Waals surface area contributed by atoms with Crippen LogP contribution in [0.25, 0.3) is 0 Å². The zero-order valence-electron chi connectivity index (χ0n) is 16.1. The van der Waals surface area contributed by atoms with E-state index in [0.29, 0.717) is 0 Å². The van der Waals surface area contributed by atoms with Gasteiger partial charge in [0.1, 0.15) is 6.35 Å². The molecule has 1 aliphatic rings. The molecule has 11 heteroatoms. The smallest absolute Gasteiger partial charge is 0.356 e. The van der Waals surface area contributed by atoms with Crippen molar-refractivity contribution in [3.8, 4) is 0 Å². The molecule has 154 valence electrons. The van der Waals surface area contributed by atoms with Gasteiger partial charge in [-0.3, -0.25) is 14.3 Å². The lowest BCUT2D eigenvalue weighted by atomic mass is 10.2. The molecule has 1 fully saturated rings. The first kappa shape index (κ1) is 22.0. The van der Waals surface area contributed by atoms with Crippen LogP contribution in [0, 0.1) is 6.92 Å². The van der Waals surface area contributed by atoms with Gasteiger partial charge in [-0.1, -0.05) is 0 Å². The van der Waals surface area contributed by atoms with E-state index < -0.39 is 30.9 Å². The van der Waals surface area contributed by atoms with E-state index in [1.165, 1.54) is 13.1 Å². The molecule has 1 unspecified atom stereocenters. The van der Waals surface area contributed by atoms with Crippen molar-refractivity contribution in [3.05, 3.63) is 32.6 Å². The van der Waals surface area contributed by atoms with E-state index in [1.54, 1.807) is 27.7 Å². The van der Waals surface area contributed by atoms with Crippen molar-refractivity contribution in [1.82, 2.24) is 9.55 Å². The highest BCUT2D eigenvalue weighted by Gasteiger charge is 2.43. The second kappa shape index (κ2) is 8.38. The largest absolute Gasteiger partial charge is 0.363 e. The van der Waals surface area contributed by atoms with Gasteiger partial charge in [0.25, 0.3) is 11.5 Å².